The summed E-state index contributed by atoms with van der Waals surface area (Å²) < 4.78 is 47.6. The van der Waals surface area contributed by atoms with Crippen LogP contribution in [0, 0.1) is 0 Å². The molecule has 4 heterocycles. The Morgan fingerprint density at radius 1 is 0.304 bits per heavy atom. The first-order chi connectivity index (χ1) is 64.3. The Morgan fingerprint density at radius 3 is 0.877 bits per heavy atom. The van der Waals surface area contributed by atoms with Crippen LogP contribution in [0.3, 0.4) is 0 Å². The molecule has 42 heteroatoms. The molecule has 0 bridgehead atoms. The van der Waals surface area contributed by atoms with Gasteiger partial charge in [0.1, 0.15) is 0 Å². The summed E-state index contributed by atoms with van der Waals surface area (Å²) >= 11 is 0. The Morgan fingerprint density at radius 2 is 0.572 bits per heavy atom. The molecule has 0 aromatic heterocycles. The Kier molecular flexibility index (Phi) is 42.8. The van der Waals surface area contributed by atoms with E-state index < -0.39 is 165 Å². The second-order valence-electron chi connectivity index (χ2n) is 38.0. The van der Waals surface area contributed by atoms with Crippen LogP contribution >= 0.6 is 0 Å². The van der Waals surface area contributed by atoms with E-state index in [4.69, 9.17) is 91.7 Å². The Labute approximate surface area is 810 Å². The summed E-state index contributed by atoms with van der Waals surface area (Å²) in [7, 11) is -6.54. The minimum Gasteiger partial charge on any atom is -0.426 e. The maximum atomic E-state index is 12.8. The number of hydrogen-bond acceptors (Lipinski definition) is 24. The number of carbonyl (C=O) groups is 12. The van der Waals surface area contributed by atoms with Gasteiger partial charge in [0.25, 0.3) is 17.7 Å². The second kappa shape index (κ2) is 51.3. The summed E-state index contributed by atoms with van der Waals surface area (Å²) in [5.41, 5.74) is 33.5. The summed E-state index contributed by atoms with van der Waals surface area (Å²) in [4.78, 5) is 140. The fourth-order valence-corrected chi connectivity index (χ4v) is 14.0. The van der Waals surface area contributed by atoms with Crippen LogP contribution in [-0.2, 0) is 86.8 Å². The smallest absolute Gasteiger partial charge is 0.426 e. The van der Waals surface area contributed by atoms with Crippen LogP contribution in [0.1, 0.15) is 232 Å². The highest BCUT2D eigenvalue weighted by molar-refractivity contribution is 6.50. The van der Waals surface area contributed by atoms with Crippen LogP contribution in [0.15, 0.2) is 182 Å². The van der Waals surface area contributed by atoms with Crippen LogP contribution in [0.2, 0.25) is 0 Å². The van der Waals surface area contributed by atoms with Crippen molar-refractivity contribution >= 4 is 124 Å². The molecule has 0 aliphatic carbocycles. The number of primary amides is 6. The molecule has 6 atom stereocenters. The lowest BCUT2D eigenvalue weighted by Gasteiger charge is -2.32. The van der Waals surface area contributed by atoms with Gasteiger partial charge in [-0.3, -0.25) is 57.5 Å². The Balaban J connectivity index is 0.000000258. The number of aryl methyl sites for hydroxylation is 1. The van der Waals surface area contributed by atoms with Gasteiger partial charge in [-0.2, -0.15) is 0 Å². The van der Waals surface area contributed by atoms with Gasteiger partial charge in [-0.15, -0.1) is 0 Å². The predicted octanol–water partition coefficient (Wildman–Crippen LogP) is 6.29. The van der Waals surface area contributed by atoms with Crippen molar-refractivity contribution in [2.75, 3.05) is 0 Å². The average molecular weight is 1910 g/mol. The molecule has 0 radical (unpaired) electrons. The molecule has 4 saturated heterocycles. The second-order valence-corrected chi connectivity index (χ2v) is 38.0. The average Bonchev–Trinajstić information content (AvgIpc) is 1.64. The molecule has 742 valence electrons. The zero-order valence-corrected chi connectivity index (χ0v) is 82.2. The van der Waals surface area contributed by atoms with Crippen LogP contribution < -0.4 is 66.3 Å². The van der Waals surface area contributed by atoms with Crippen LogP contribution in [0.5, 0.6) is 0 Å². The van der Waals surface area contributed by atoms with E-state index in [1.165, 1.54) is 5.56 Å². The molecule has 4 aliphatic rings. The SMILES string of the molecule is CC1(C)OB([C@@H](CC(N)=O)NC(=O)CCCc2ccccc2)OC1(C)C.CC1(C)OB([C@@H](CC(N)=O)NC(=O)c2ccc(-c3ccccc3)cc2)OC1(C)C.CC1(C)OB([C@H](CC(N)=O)NC(=O)c2ccc(-c3ccccc3)cc2)OC1(C)C.CCC(=O)N[C@H](CC(N)=O)B(O)O.CCCC(=O)N[C@@H](CC(N)=O)B1OC(C)(C)C(C)(C)O1.NC(=O)C[C@@H](NC(=O)c1ccc2ccccc2c1)B(O)O. The van der Waals surface area contributed by atoms with Gasteiger partial charge in [0.2, 0.25) is 53.2 Å². The third-order valence-electron chi connectivity index (χ3n) is 24.7. The molecule has 12 amide bonds. The molecular weight excluding hydrogens is 1770 g/mol. The summed E-state index contributed by atoms with van der Waals surface area (Å²) in [6.45, 7) is 34.2. The molecule has 11 rings (SSSR count). The normalized spacial score (nSPS) is 17.3. The first-order valence-electron chi connectivity index (χ1n) is 45.8. The third kappa shape index (κ3) is 35.3. The van der Waals surface area contributed by atoms with Crippen molar-refractivity contribution in [2.24, 2.45) is 34.4 Å². The summed E-state index contributed by atoms with van der Waals surface area (Å²) in [5.74, 6) is -9.96. The van der Waals surface area contributed by atoms with Crippen molar-refractivity contribution in [3.8, 4) is 22.3 Å². The van der Waals surface area contributed by atoms with E-state index in [9.17, 15) is 57.5 Å². The standard InChI is InChI=1S/2C22H27BN2O4.C19H29BN2O4.C14H15BN2O4.C13H25BN2O4.C6H13BN2O4/c2*1-21(2)22(3,4)29-23(28-21)18(14-19(24)26)25-20(27)17-12-10-16(11-13-17)15-8-6-5-7-9-15;1-18(2)19(3,4)26-20(25-18)15(13-16(21)23)22-17(24)12-8-11-14-9-6-5-7-10-14;16-13(18)8-12(15(20)21)17-14(19)11-6-5-9-3-1-2-4-10(9)7-11;1-6-7-11(18)16-9(8-10(15)17)14-19-12(2,3)13(4,5)20-14;1-2-6(11)9-4(7(12)13)3-5(8)10/h2*5-13,18H,14H2,1-4H3,(H2,24,26)(H,25,27);5-7,9-10,15H,8,11-13H2,1-4H3,(H2,21,23)(H,22,24);1-7,12,20-21H,8H2,(H2,16,18)(H,17,19);9H,6-8H2,1-5H3,(H2,15,17)(H,16,18);4,12-13H,2-3H2,1H3,(H2,8,10)(H,9,11)/t2*18-;15-;12-;9-;4-/m101101/s1. The molecule has 0 unspecified atom stereocenters. The fourth-order valence-electron chi connectivity index (χ4n) is 14.0. The maximum Gasteiger partial charge on any atom is 0.482 e. The van der Waals surface area contributed by atoms with E-state index in [0.717, 1.165) is 52.3 Å². The number of rotatable bonds is 36. The van der Waals surface area contributed by atoms with Gasteiger partial charge in [-0.1, -0.05) is 159 Å². The highest BCUT2D eigenvalue weighted by Gasteiger charge is 2.58. The van der Waals surface area contributed by atoms with Gasteiger partial charge < -0.3 is 124 Å². The summed E-state index contributed by atoms with van der Waals surface area (Å²) in [5, 5.41) is 53.7. The number of fused-ring (bicyclic) bond motifs is 1. The number of nitrogens with two attached hydrogens (primary N) is 6. The molecule has 0 spiro atoms. The molecule has 7 aromatic carbocycles. The third-order valence-corrected chi connectivity index (χ3v) is 24.7. The van der Waals surface area contributed by atoms with E-state index in [-0.39, 0.29) is 74.5 Å². The molecule has 22 N–H and O–H groups in total. The van der Waals surface area contributed by atoms with Crippen molar-refractivity contribution in [3.63, 3.8) is 0 Å². The van der Waals surface area contributed by atoms with Crippen molar-refractivity contribution < 1.29 is 115 Å². The lowest BCUT2D eigenvalue weighted by Crippen LogP contribution is -2.50. The quantitative estimate of drug-likeness (QED) is 0.0192. The molecule has 138 heavy (non-hydrogen) atoms. The molecule has 4 fully saturated rings. The van der Waals surface area contributed by atoms with Crippen molar-refractivity contribution in [3.05, 3.63) is 204 Å². The van der Waals surface area contributed by atoms with Crippen LogP contribution in [-0.4, -0.2) is 214 Å². The predicted molar refractivity (Wildman–Crippen MR) is 529 cm³/mol. The van der Waals surface area contributed by atoms with Gasteiger partial charge in [-0.05, 0) is 205 Å². The number of nitrogens with one attached hydrogen (secondary N) is 6. The number of amides is 12. The van der Waals surface area contributed by atoms with E-state index in [1.54, 1.807) is 49.4 Å². The van der Waals surface area contributed by atoms with Gasteiger partial charge in [0.05, 0.1) is 80.5 Å². The summed E-state index contributed by atoms with van der Waals surface area (Å²) in [6, 6.07) is 57.1. The lowest BCUT2D eigenvalue weighted by molar-refractivity contribution is -0.123. The van der Waals surface area contributed by atoms with E-state index in [0.29, 0.717) is 29.5 Å². The van der Waals surface area contributed by atoms with Gasteiger partial charge in [0.15, 0.2) is 0 Å². The number of benzene rings is 7. The fraction of sp³-hybridized carbons (Fsp3) is 0.458. The lowest BCUT2D eigenvalue weighted by atomic mass is 9.76. The van der Waals surface area contributed by atoms with Crippen molar-refractivity contribution in [1.82, 2.24) is 31.9 Å². The van der Waals surface area contributed by atoms with Crippen molar-refractivity contribution in [1.29, 1.82) is 0 Å². The van der Waals surface area contributed by atoms with Crippen molar-refractivity contribution in [2.45, 2.75) is 282 Å². The minimum atomic E-state index is -1.86. The first kappa shape index (κ1) is 115. The molecule has 4 aliphatic heterocycles. The Hall–Kier alpha value is -11.7. The zero-order valence-electron chi connectivity index (χ0n) is 82.2. The monoisotopic (exact) mass is 1910 g/mol. The minimum absolute atomic E-state index is 0.00766. The van der Waals surface area contributed by atoms with Gasteiger partial charge in [-0.25, -0.2) is 0 Å². The largest absolute Gasteiger partial charge is 0.482 e. The molecule has 36 nitrogen and oxygen atoms in total. The highest BCUT2D eigenvalue weighted by Crippen LogP contribution is 2.42. The topological polar surface area (TPSA) is 588 Å². The van der Waals surface area contributed by atoms with Crippen LogP contribution in [0.4, 0.5) is 0 Å². The zero-order chi connectivity index (χ0) is 103. The summed E-state index contributed by atoms with van der Waals surface area (Å²) in [6.07, 6.45) is 2.43. The van der Waals surface area contributed by atoms with Gasteiger partial charge >= 0.3 is 42.7 Å². The van der Waals surface area contributed by atoms with Crippen LogP contribution in [0.25, 0.3) is 33.0 Å². The number of hydrogen-bond donors (Lipinski definition) is 16. The van der Waals surface area contributed by atoms with E-state index >= 15 is 0 Å². The molecular formula is C96H136B6N12O24. The van der Waals surface area contributed by atoms with Gasteiger partial charge in [0, 0.05) is 74.5 Å². The maximum absolute atomic E-state index is 12.8. The highest BCUT2D eigenvalue weighted by atomic mass is 16.7. The Bertz CT molecular complexity index is 5030. The van der Waals surface area contributed by atoms with E-state index in [1.807, 2.05) is 257 Å². The number of carbonyl (C=O) groups excluding carboxylic acids is 12. The molecule has 0 saturated carbocycles. The first-order valence-corrected chi connectivity index (χ1v) is 45.8. The van der Waals surface area contributed by atoms with E-state index in [2.05, 4.69) is 31.9 Å². The molecule has 7 aromatic rings.